The number of carboxylic acid groups (broad SMARTS) is 1. The number of hydrogen-bond acceptors (Lipinski definition) is 3. The fourth-order valence-electron chi connectivity index (χ4n) is 1.83. The van der Waals surface area contributed by atoms with E-state index >= 15 is 0 Å². The molecule has 0 atom stereocenters. The van der Waals surface area contributed by atoms with Gasteiger partial charge >= 0.3 is 12.0 Å². The molecule has 98 valence electrons. The van der Waals surface area contributed by atoms with E-state index in [1.165, 1.54) is 4.90 Å². The topological polar surface area (TPSA) is 87.5 Å². The maximum absolute atomic E-state index is 11.6. The van der Waals surface area contributed by atoms with E-state index in [2.05, 4.69) is 10.3 Å². The Morgan fingerprint density at radius 3 is 2.83 bits per heavy atom. The van der Waals surface area contributed by atoms with Crippen LogP contribution in [-0.2, 0) is 18.3 Å². The molecule has 7 heteroatoms. The van der Waals surface area contributed by atoms with Crippen molar-refractivity contribution >= 4 is 12.0 Å². The third-order valence-electron chi connectivity index (χ3n) is 3.06. The number of hydrogen-bond donors (Lipinski definition) is 2. The van der Waals surface area contributed by atoms with Crippen molar-refractivity contribution in [1.82, 2.24) is 19.8 Å². The van der Waals surface area contributed by atoms with Gasteiger partial charge in [-0.1, -0.05) is 0 Å². The van der Waals surface area contributed by atoms with Crippen LogP contribution in [0.15, 0.2) is 12.4 Å². The second-order valence-corrected chi connectivity index (χ2v) is 4.38. The molecule has 0 spiro atoms. The molecule has 0 aliphatic carbocycles. The van der Waals surface area contributed by atoms with Crippen molar-refractivity contribution in [3.05, 3.63) is 18.2 Å². The maximum atomic E-state index is 11.6. The first kappa shape index (κ1) is 12.4. The van der Waals surface area contributed by atoms with Crippen LogP contribution in [-0.4, -0.2) is 51.2 Å². The van der Waals surface area contributed by atoms with Crippen molar-refractivity contribution in [3.63, 3.8) is 0 Å². The van der Waals surface area contributed by atoms with E-state index in [0.29, 0.717) is 26.1 Å². The summed E-state index contributed by atoms with van der Waals surface area (Å²) in [6.45, 7) is 1.09. The van der Waals surface area contributed by atoms with Gasteiger partial charge < -0.3 is 19.9 Å². The highest BCUT2D eigenvalue weighted by atomic mass is 16.4. The molecule has 1 aliphatic rings. The largest absolute Gasteiger partial charge is 0.481 e. The molecule has 0 aromatic carbocycles. The molecule has 0 saturated carbocycles. The summed E-state index contributed by atoms with van der Waals surface area (Å²) in [6, 6.07) is -0.207. The van der Waals surface area contributed by atoms with E-state index in [-0.39, 0.29) is 6.03 Å². The number of aliphatic carboxylic acids is 1. The van der Waals surface area contributed by atoms with Crippen LogP contribution in [0.2, 0.25) is 0 Å². The van der Waals surface area contributed by atoms with Crippen LogP contribution in [0, 0.1) is 5.92 Å². The first-order chi connectivity index (χ1) is 8.58. The fourth-order valence-corrected chi connectivity index (χ4v) is 1.83. The van der Waals surface area contributed by atoms with Crippen LogP contribution in [0.3, 0.4) is 0 Å². The molecule has 2 rings (SSSR count). The van der Waals surface area contributed by atoms with E-state index in [0.717, 1.165) is 5.82 Å². The molecule has 0 bridgehead atoms. The Labute approximate surface area is 104 Å². The third kappa shape index (κ3) is 2.61. The Balaban J connectivity index is 1.67. The SMILES string of the molecule is Cn1ccnc1CCNC(=O)N1CC(C(=O)O)C1. The maximum Gasteiger partial charge on any atom is 0.317 e. The van der Waals surface area contributed by atoms with Gasteiger partial charge in [-0.05, 0) is 0 Å². The van der Waals surface area contributed by atoms with Gasteiger partial charge in [0.15, 0.2) is 0 Å². The second kappa shape index (κ2) is 5.07. The average Bonchev–Trinajstić information content (AvgIpc) is 2.61. The number of imidazole rings is 1. The summed E-state index contributed by atoms with van der Waals surface area (Å²) < 4.78 is 1.90. The number of urea groups is 1. The molecule has 1 aliphatic heterocycles. The summed E-state index contributed by atoms with van der Waals surface area (Å²) >= 11 is 0. The molecule has 7 nitrogen and oxygen atoms in total. The normalized spacial score (nSPS) is 15.3. The fraction of sp³-hybridized carbons (Fsp3) is 0.545. The predicted octanol–water partition coefficient (Wildman–Crippen LogP) is -0.311. The van der Waals surface area contributed by atoms with Gasteiger partial charge in [0.2, 0.25) is 0 Å². The Morgan fingerprint density at radius 1 is 1.56 bits per heavy atom. The van der Waals surface area contributed by atoms with Gasteiger partial charge in [0, 0.05) is 45.5 Å². The number of rotatable bonds is 4. The first-order valence-corrected chi connectivity index (χ1v) is 5.79. The molecule has 1 aromatic rings. The minimum atomic E-state index is -0.841. The van der Waals surface area contributed by atoms with Crippen molar-refractivity contribution in [3.8, 4) is 0 Å². The van der Waals surface area contributed by atoms with Crippen LogP contribution in [0.4, 0.5) is 4.79 Å². The Morgan fingerprint density at radius 2 is 2.28 bits per heavy atom. The lowest BCUT2D eigenvalue weighted by atomic mass is 10.0. The van der Waals surface area contributed by atoms with Gasteiger partial charge in [0.05, 0.1) is 5.92 Å². The third-order valence-corrected chi connectivity index (χ3v) is 3.06. The monoisotopic (exact) mass is 252 g/mol. The van der Waals surface area contributed by atoms with Crippen molar-refractivity contribution in [2.75, 3.05) is 19.6 Å². The molecule has 1 fully saturated rings. The van der Waals surface area contributed by atoms with Crippen molar-refractivity contribution in [2.45, 2.75) is 6.42 Å². The van der Waals surface area contributed by atoms with Gasteiger partial charge in [-0.2, -0.15) is 0 Å². The molecule has 2 N–H and O–H groups in total. The number of likely N-dealkylation sites (tertiary alicyclic amines) is 1. The molecular formula is C11H16N4O3. The highest BCUT2D eigenvalue weighted by molar-refractivity contribution is 5.79. The van der Waals surface area contributed by atoms with E-state index in [4.69, 9.17) is 5.11 Å². The first-order valence-electron chi connectivity index (χ1n) is 5.79. The van der Waals surface area contributed by atoms with E-state index < -0.39 is 11.9 Å². The van der Waals surface area contributed by atoms with Crippen LogP contribution in [0.5, 0.6) is 0 Å². The van der Waals surface area contributed by atoms with E-state index in [1.807, 2.05) is 17.8 Å². The summed E-state index contributed by atoms with van der Waals surface area (Å²) in [7, 11) is 1.90. The minimum Gasteiger partial charge on any atom is -0.481 e. The molecule has 1 saturated heterocycles. The van der Waals surface area contributed by atoms with Crippen molar-refractivity contribution < 1.29 is 14.7 Å². The summed E-state index contributed by atoms with van der Waals surface area (Å²) in [5.41, 5.74) is 0. The molecule has 0 radical (unpaired) electrons. The van der Waals surface area contributed by atoms with Gasteiger partial charge in [-0.25, -0.2) is 9.78 Å². The van der Waals surface area contributed by atoms with Crippen LogP contribution in [0.25, 0.3) is 0 Å². The van der Waals surface area contributed by atoms with Gasteiger partial charge in [-0.3, -0.25) is 4.79 Å². The zero-order valence-corrected chi connectivity index (χ0v) is 10.2. The number of aryl methyl sites for hydroxylation is 1. The molecule has 1 aromatic heterocycles. The molecule has 18 heavy (non-hydrogen) atoms. The summed E-state index contributed by atoms with van der Waals surface area (Å²) in [5.74, 6) is -0.348. The number of carboxylic acids is 1. The van der Waals surface area contributed by atoms with E-state index in [9.17, 15) is 9.59 Å². The Bertz CT molecular complexity index is 451. The lowest BCUT2D eigenvalue weighted by molar-refractivity contribution is -0.146. The second-order valence-electron chi connectivity index (χ2n) is 4.38. The lowest BCUT2D eigenvalue weighted by Crippen LogP contribution is -2.56. The zero-order valence-electron chi connectivity index (χ0n) is 10.2. The molecular weight excluding hydrogens is 236 g/mol. The number of nitrogens with one attached hydrogen (secondary N) is 1. The van der Waals surface area contributed by atoms with Gasteiger partial charge in [0.25, 0.3) is 0 Å². The summed E-state index contributed by atoms with van der Waals surface area (Å²) in [6.07, 6.45) is 4.22. The Hall–Kier alpha value is -2.05. The number of nitrogens with zero attached hydrogens (tertiary/aromatic N) is 3. The van der Waals surface area contributed by atoms with Crippen molar-refractivity contribution in [2.24, 2.45) is 13.0 Å². The van der Waals surface area contributed by atoms with Crippen LogP contribution in [0.1, 0.15) is 5.82 Å². The van der Waals surface area contributed by atoms with E-state index in [1.54, 1.807) is 6.20 Å². The van der Waals surface area contributed by atoms with Gasteiger partial charge in [-0.15, -0.1) is 0 Å². The average molecular weight is 252 g/mol. The quantitative estimate of drug-likeness (QED) is 0.769. The van der Waals surface area contributed by atoms with Crippen LogP contribution >= 0.6 is 0 Å². The summed E-state index contributed by atoms with van der Waals surface area (Å²) in [5, 5.41) is 11.4. The number of carbonyl (C=O) groups is 2. The molecule has 0 unspecified atom stereocenters. The Kier molecular flexibility index (Phi) is 3.50. The smallest absolute Gasteiger partial charge is 0.317 e. The number of carbonyl (C=O) groups excluding carboxylic acids is 1. The molecule has 2 amide bonds. The number of amides is 2. The van der Waals surface area contributed by atoms with Crippen molar-refractivity contribution in [1.29, 1.82) is 0 Å². The highest BCUT2D eigenvalue weighted by Crippen LogP contribution is 2.15. The number of aromatic nitrogens is 2. The van der Waals surface area contributed by atoms with Crippen LogP contribution < -0.4 is 5.32 Å². The predicted molar refractivity (Wildman–Crippen MR) is 63.0 cm³/mol. The zero-order chi connectivity index (χ0) is 13.1. The standard InChI is InChI=1S/C11H16N4O3/c1-14-5-4-12-9(14)2-3-13-11(18)15-6-8(7-15)10(16)17/h4-5,8H,2-3,6-7H2,1H3,(H,13,18)(H,16,17). The highest BCUT2D eigenvalue weighted by Gasteiger charge is 2.35. The molecule has 2 heterocycles. The minimum absolute atomic E-state index is 0.207. The summed E-state index contributed by atoms with van der Waals surface area (Å²) in [4.78, 5) is 27.8. The van der Waals surface area contributed by atoms with Gasteiger partial charge in [0.1, 0.15) is 5.82 Å². The lowest BCUT2D eigenvalue weighted by Gasteiger charge is -2.36.